The first-order valence-electron chi connectivity index (χ1n) is 26.4. The number of Topliss-reactive ketones (excluding diaryl/α,β-unsaturated/α-hetero) is 1. The zero-order valence-corrected chi connectivity index (χ0v) is 43.0. The number of pyridine rings is 1. The molecule has 18 nitrogen and oxygen atoms in total. The first-order chi connectivity index (χ1) is 36.0. The predicted octanol–water partition coefficient (Wildman–Crippen LogP) is 4.01. The number of halogens is 1. The molecule has 1 aliphatic heterocycles. The number of unbranched alkanes of at least 4 members (excludes halogenated alkanes) is 2. The summed E-state index contributed by atoms with van der Waals surface area (Å²) < 4.78 is 27.0. The smallest absolute Gasteiger partial charge is 0.343 e. The highest BCUT2D eigenvalue weighted by atomic mass is 19.1. The minimum atomic E-state index is -2.03. The van der Waals surface area contributed by atoms with Crippen LogP contribution in [0.4, 0.5) is 4.39 Å². The third-order valence-electron chi connectivity index (χ3n) is 15.7. The molecule has 4 atom stereocenters. The Morgan fingerprint density at radius 1 is 0.880 bits per heavy atom. The number of nitrogens with one attached hydrogen (secondary N) is 6. The number of aryl methyl sites for hydroxylation is 1. The zero-order chi connectivity index (χ0) is 53.4. The summed E-state index contributed by atoms with van der Waals surface area (Å²) in [5.41, 5.74) is 3.22. The summed E-state index contributed by atoms with van der Waals surface area (Å²) in [5, 5.41) is 28.7. The molecular formula is C56H68FN7O11. The first-order valence-corrected chi connectivity index (χ1v) is 26.4. The van der Waals surface area contributed by atoms with Crippen molar-refractivity contribution in [3.63, 3.8) is 0 Å². The number of nitrogens with zero attached hydrogens (tertiary/aromatic N) is 1. The number of carbonyl (C=O) groups excluding carboxylic acids is 8. The SMILES string of the molecule is CCCCCC(=O)NCC(=O)NCC(=O)N[C@@H](Cc1ccccc1)C(=O)NCC(=O)NCOCC1(C(=O)N[C@H]2CCc3c(C)c(F)cc4nc5c(c2c34)CCC2CCC(=O)C3=C(/C=C/52)[C@@](O)(CC)C(=O)OC3)CCC1. The fourth-order valence-electron chi connectivity index (χ4n) is 11.1. The highest BCUT2D eigenvalue weighted by Gasteiger charge is 2.48. The molecule has 0 radical (unpaired) electrons. The highest BCUT2D eigenvalue weighted by molar-refractivity contribution is 6.03. The quantitative estimate of drug-likeness (QED) is 0.0454. The summed E-state index contributed by atoms with van der Waals surface area (Å²) in [6, 6.07) is 8.82. The molecule has 400 valence electrons. The molecule has 3 aromatic rings. The lowest BCUT2D eigenvalue weighted by Gasteiger charge is -2.42. The third-order valence-corrected chi connectivity index (χ3v) is 15.7. The largest absolute Gasteiger partial charge is 0.458 e. The molecule has 8 rings (SSSR count). The Labute approximate surface area is 435 Å². The van der Waals surface area contributed by atoms with Crippen molar-refractivity contribution in [2.24, 2.45) is 11.3 Å². The van der Waals surface area contributed by atoms with Gasteiger partial charge in [-0.2, -0.15) is 0 Å². The van der Waals surface area contributed by atoms with Crippen LogP contribution in [0.1, 0.15) is 130 Å². The van der Waals surface area contributed by atoms with Gasteiger partial charge >= 0.3 is 5.97 Å². The van der Waals surface area contributed by atoms with E-state index in [9.17, 15) is 43.5 Å². The van der Waals surface area contributed by atoms with Gasteiger partial charge in [-0.05, 0) is 110 Å². The molecule has 1 unspecified atom stereocenters. The summed E-state index contributed by atoms with van der Waals surface area (Å²) in [4.78, 5) is 110. The van der Waals surface area contributed by atoms with Crippen molar-refractivity contribution in [2.75, 3.05) is 39.6 Å². The maximum absolute atomic E-state index is 15.7. The van der Waals surface area contributed by atoms with Crippen LogP contribution in [0.25, 0.3) is 16.5 Å². The van der Waals surface area contributed by atoms with E-state index in [1.165, 1.54) is 6.07 Å². The van der Waals surface area contributed by atoms with Gasteiger partial charge < -0.3 is 46.5 Å². The number of aromatic nitrogens is 1. The second-order valence-electron chi connectivity index (χ2n) is 20.5. The molecular weight excluding hydrogens is 966 g/mol. The van der Waals surface area contributed by atoms with Gasteiger partial charge in [-0.3, -0.25) is 33.6 Å². The molecule has 1 saturated carbocycles. The van der Waals surface area contributed by atoms with Gasteiger partial charge in [0.05, 0.1) is 48.9 Å². The van der Waals surface area contributed by atoms with Crippen molar-refractivity contribution in [3.8, 4) is 0 Å². The van der Waals surface area contributed by atoms with E-state index >= 15 is 4.39 Å². The number of fused-ring (bicyclic) bond motifs is 4. The average Bonchev–Trinajstić information content (AvgIpc) is 3.38. The van der Waals surface area contributed by atoms with E-state index in [1.807, 2.05) is 13.0 Å². The summed E-state index contributed by atoms with van der Waals surface area (Å²) in [6.07, 6.45) is 9.51. The van der Waals surface area contributed by atoms with Gasteiger partial charge in [0, 0.05) is 41.9 Å². The number of esters is 1. The van der Waals surface area contributed by atoms with E-state index in [2.05, 4.69) is 31.9 Å². The first kappa shape index (κ1) is 54.4. The van der Waals surface area contributed by atoms with Crippen molar-refractivity contribution in [3.05, 3.63) is 92.9 Å². The number of carbonyl (C=O) groups is 8. The van der Waals surface area contributed by atoms with Gasteiger partial charge in [-0.15, -0.1) is 0 Å². The highest BCUT2D eigenvalue weighted by Crippen LogP contribution is 2.49. The fourth-order valence-corrected chi connectivity index (χ4v) is 11.1. The number of allylic oxidation sites excluding steroid dienone is 1. The Balaban J connectivity index is 0.901. The maximum Gasteiger partial charge on any atom is 0.343 e. The van der Waals surface area contributed by atoms with Gasteiger partial charge in [0.1, 0.15) is 25.2 Å². The van der Waals surface area contributed by atoms with E-state index < -0.39 is 71.6 Å². The number of amides is 6. The van der Waals surface area contributed by atoms with Gasteiger partial charge in [0.15, 0.2) is 11.4 Å². The Kier molecular flexibility index (Phi) is 17.2. The van der Waals surface area contributed by atoms with Gasteiger partial charge in [0.25, 0.3) is 0 Å². The third kappa shape index (κ3) is 12.0. The Hall–Kier alpha value is -6.86. The van der Waals surface area contributed by atoms with Crippen molar-refractivity contribution in [2.45, 2.75) is 135 Å². The van der Waals surface area contributed by atoms with Crippen LogP contribution in [0.5, 0.6) is 0 Å². The molecule has 4 aliphatic carbocycles. The molecule has 0 spiro atoms. The minimum absolute atomic E-state index is 0.00349. The molecule has 1 fully saturated rings. The van der Waals surface area contributed by atoms with Crippen LogP contribution in [0, 0.1) is 24.1 Å². The van der Waals surface area contributed by atoms with Crippen LogP contribution in [0.2, 0.25) is 0 Å². The molecule has 6 amide bonds. The Bertz CT molecular complexity index is 2830. The lowest BCUT2D eigenvalue weighted by atomic mass is 9.68. The molecule has 1 aromatic heterocycles. The van der Waals surface area contributed by atoms with Crippen molar-refractivity contribution in [1.82, 2.24) is 36.9 Å². The molecule has 0 saturated heterocycles. The molecule has 75 heavy (non-hydrogen) atoms. The van der Waals surface area contributed by atoms with Gasteiger partial charge in [-0.1, -0.05) is 63.4 Å². The van der Waals surface area contributed by atoms with Crippen LogP contribution < -0.4 is 31.9 Å². The van der Waals surface area contributed by atoms with Crippen LogP contribution in [-0.4, -0.2) is 109 Å². The maximum atomic E-state index is 15.7. The topological polar surface area (TPSA) is 260 Å². The van der Waals surface area contributed by atoms with Crippen molar-refractivity contribution in [1.29, 1.82) is 0 Å². The molecule has 5 aliphatic rings. The standard InChI is InChI=1S/C56H68FN7O11/c1-4-6-8-14-45(66)58-26-46(67)59-28-48(69)62-43(23-33-12-9-7-10-13-33)52(70)60-27-47(68)61-31-74-30-55(21-11-22-55)53(71)64-41-19-18-35-32(3)40(57)25-42-49(35)50(41)36-17-15-34-16-20-44(65)38-29-75-54(72)56(73,5-2)39(38)24-37(34)51(36)63-42/h7,9-10,12-13,24-25,34,41,43,73H,4-6,8,11,14-23,26-31H2,1-3H3,(H,58,66)(H,59,67)(H,60,70)(H,61,68)(H,62,69)(H,64,71)/b37-24+/t34?,41-,43-,56-/m0/s1. The van der Waals surface area contributed by atoms with Crippen LogP contribution in [-0.2, 0) is 67.1 Å². The molecule has 19 heteroatoms. The number of rotatable bonds is 21. The zero-order valence-electron chi connectivity index (χ0n) is 43.0. The van der Waals surface area contributed by atoms with Gasteiger partial charge in [0.2, 0.25) is 35.4 Å². The molecule has 0 bridgehead atoms. The minimum Gasteiger partial charge on any atom is -0.458 e. The van der Waals surface area contributed by atoms with Crippen molar-refractivity contribution >= 4 is 63.7 Å². The summed E-state index contributed by atoms with van der Waals surface area (Å²) in [6.45, 7) is 3.77. The van der Waals surface area contributed by atoms with Crippen LogP contribution >= 0.6 is 0 Å². The average molecular weight is 1030 g/mol. The number of cyclic esters (lactones) is 1. The van der Waals surface area contributed by atoms with E-state index in [4.69, 9.17) is 14.5 Å². The molecule has 2 heterocycles. The fraction of sp³-hybridized carbons (Fsp3) is 0.518. The lowest BCUT2D eigenvalue weighted by Crippen LogP contribution is -2.52. The van der Waals surface area contributed by atoms with E-state index in [0.29, 0.717) is 74.6 Å². The summed E-state index contributed by atoms with van der Waals surface area (Å²) >= 11 is 0. The number of hydrogen-bond donors (Lipinski definition) is 7. The molecule has 7 N–H and O–H groups in total. The normalized spacial score (nSPS) is 21.5. The van der Waals surface area contributed by atoms with Crippen LogP contribution in [0.15, 0.2) is 53.6 Å². The van der Waals surface area contributed by atoms with Crippen LogP contribution in [0.3, 0.4) is 0 Å². The Morgan fingerprint density at radius 2 is 1.59 bits per heavy atom. The van der Waals surface area contributed by atoms with E-state index in [0.717, 1.165) is 52.5 Å². The molecule has 2 aromatic carbocycles. The van der Waals surface area contributed by atoms with Crippen molar-refractivity contribution < 1.29 is 57.3 Å². The number of aliphatic hydroxyl groups is 1. The lowest BCUT2D eigenvalue weighted by molar-refractivity contribution is -0.163. The predicted molar refractivity (Wildman–Crippen MR) is 273 cm³/mol. The number of hydrogen-bond acceptors (Lipinski definition) is 12. The number of ketones is 1. The van der Waals surface area contributed by atoms with Gasteiger partial charge in [-0.25, -0.2) is 14.2 Å². The second-order valence-corrected chi connectivity index (χ2v) is 20.5. The number of ether oxygens (including phenoxy) is 2. The van der Waals surface area contributed by atoms with E-state index in [-0.39, 0.29) is 80.4 Å². The second kappa shape index (κ2) is 23.8. The summed E-state index contributed by atoms with van der Waals surface area (Å²) in [7, 11) is 0. The Morgan fingerprint density at radius 3 is 2.32 bits per heavy atom. The summed E-state index contributed by atoms with van der Waals surface area (Å²) in [5.74, 6) is -4.42. The monoisotopic (exact) mass is 1030 g/mol. The van der Waals surface area contributed by atoms with E-state index in [1.54, 1.807) is 44.2 Å². The number of benzene rings is 2.